The van der Waals surface area contributed by atoms with Gasteiger partial charge >= 0.3 is 5.97 Å². The van der Waals surface area contributed by atoms with E-state index in [9.17, 15) is 14.7 Å². The maximum atomic E-state index is 9.83. The van der Waals surface area contributed by atoms with E-state index < -0.39 is 25.3 Å². The van der Waals surface area contributed by atoms with Gasteiger partial charge in [-0.2, -0.15) is 4.89 Å². The molecule has 0 bridgehead atoms. The van der Waals surface area contributed by atoms with Gasteiger partial charge in [-0.05, 0) is 83.1 Å². The largest absolute Gasteiger partial charge is 0.907 e. The minimum absolute atomic E-state index is 0.418. The third-order valence-corrected chi connectivity index (χ3v) is 9.60. The Morgan fingerprint density at radius 3 is 0.733 bits per heavy atom. The lowest BCUT2D eigenvalue weighted by atomic mass is 10.3. The summed E-state index contributed by atoms with van der Waals surface area (Å²) in [6.07, 6.45) is 0. The van der Waals surface area contributed by atoms with Gasteiger partial charge in [-0.1, -0.05) is 11.6 Å². The summed E-state index contributed by atoms with van der Waals surface area (Å²) < 4.78 is 4.83. The summed E-state index contributed by atoms with van der Waals surface area (Å²) in [5.41, 5.74) is 0. The van der Waals surface area contributed by atoms with Crippen molar-refractivity contribution in [3.8, 4) is 0 Å². The Hall–Kier alpha value is -1.03. The number of rotatable bonds is 14. The molecule has 0 aromatic heterocycles. The fraction of sp³-hybridized carbons (Fsp3) is 0.935. The third kappa shape index (κ3) is 39.1. The van der Waals surface area contributed by atoms with Gasteiger partial charge in [-0.3, -0.25) is 12.2 Å². The number of aliphatic carboxylic acids is 1. The van der Waals surface area contributed by atoms with E-state index in [4.69, 9.17) is 26.7 Å². The molecule has 0 heterocycles. The smallest absolute Gasteiger partial charge is 0.388 e. The topological polar surface area (TPSA) is 145 Å². The van der Waals surface area contributed by atoms with Crippen molar-refractivity contribution >= 4 is 30.9 Å². The molecule has 276 valence electrons. The Kier molecular flexibility index (Phi) is 42.9. The van der Waals surface area contributed by atoms with Crippen LogP contribution in [-0.2, 0) is 19.4 Å². The molecule has 0 rings (SSSR count). The number of hydrogen-bond donors (Lipinski definition) is 0. The molecule has 0 aliphatic carbocycles. The number of carboxylic acid groups (broad SMARTS) is 1. The van der Waals surface area contributed by atoms with Crippen molar-refractivity contribution in [1.82, 2.24) is 0 Å². The van der Waals surface area contributed by atoms with Gasteiger partial charge in [0, 0.05) is 0 Å². The van der Waals surface area contributed by atoms with E-state index >= 15 is 0 Å². The lowest BCUT2D eigenvalue weighted by Gasteiger charge is -2.35. The van der Waals surface area contributed by atoms with Crippen LogP contribution in [0.3, 0.4) is 0 Å². The summed E-state index contributed by atoms with van der Waals surface area (Å²) in [4.78, 5) is 26.6. The van der Waals surface area contributed by atoms with Crippen LogP contribution < -0.4 is 20.2 Å². The summed E-state index contributed by atoms with van der Waals surface area (Å²) in [6.45, 7) is 42.0. The molecule has 14 heteroatoms. The summed E-state index contributed by atoms with van der Waals surface area (Å²) in [5, 5.41) is 34.7. The Morgan fingerprint density at radius 2 is 0.667 bits per heavy atom. The maximum Gasteiger partial charge on any atom is 0.388 e. The lowest BCUT2D eigenvalue weighted by molar-refractivity contribution is -0.904. The van der Waals surface area contributed by atoms with Gasteiger partial charge in [-0.15, -0.1) is 0 Å². The zero-order valence-corrected chi connectivity index (χ0v) is 33.0. The summed E-state index contributed by atoms with van der Waals surface area (Å²) in [5.74, 6) is -3.57. The van der Waals surface area contributed by atoms with Gasteiger partial charge in [0.1, 0.15) is 0 Å². The second-order valence-electron chi connectivity index (χ2n) is 11.4. The molecule has 0 atom stereocenters. The Bertz CT molecular complexity index is 541. The van der Waals surface area contributed by atoms with Gasteiger partial charge in [0.15, 0.2) is 12.0 Å². The van der Waals surface area contributed by atoms with Crippen LogP contribution in [0.1, 0.15) is 83.1 Å². The third-order valence-electron chi connectivity index (χ3n) is 9.51. The van der Waals surface area contributed by atoms with Crippen LogP contribution in [0.2, 0.25) is 0 Å². The monoisotopic (exact) mass is 677 g/mol. The number of halogens is 1. The molecule has 0 N–H and O–H groups in total. The Balaban J connectivity index is -0.000000103. The highest BCUT2D eigenvalue weighted by Gasteiger charge is 2.13. The maximum absolute atomic E-state index is 9.83. The molecular weight excluding hydrogens is 603 g/mol. The van der Waals surface area contributed by atoms with Gasteiger partial charge in [0.25, 0.3) is 0 Å². The van der Waals surface area contributed by atoms with E-state index in [0.717, 1.165) is 0 Å². The molecule has 0 unspecified atom stereocenters. The van der Waals surface area contributed by atoms with Crippen molar-refractivity contribution in [3.05, 3.63) is 0 Å². The van der Waals surface area contributed by atoms with E-state index in [-0.39, 0.29) is 0 Å². The van der Waals surface area contributed by atoms with Crippen LogP contribution in [0.25, 0.3) is 0 Å². The molecule has 0 aliphatic heterocycles. The Morgan fingerprint density at radius 1 is 0.511 bits per heavy atom. The molecule has 45 heavy (non-hydrogen) atoms. The summed E-state index contributed by atoms with van der Waals surface area (Å²) in [7, 11) is 6.25. The van der Waals surface area contributed by atoms with Crippen molar-refractivity contribution in [3.63, 3.8) is 0 Å². The molecular formula is C31H74BClN4O8. The van der Waals surface area contributed by atoms with Gasteiger partial charge < -0.3 is 42.9 Å². The molecule has 0 aromatic carbocycles. The van der Waals surface area contributed by atoms with Crippen LogP contribution in [0.4, 0.5) is 0 Å². The quantitative estimate of drug-likeness (QED) is 0.0644. The normalized spacial score (nSPS) is 10.8. The minimum Gasteiger partial charge on any atom is -0.907 e. The number of carbonyl (C=O) groups is 2. The number of alkyl halides is 1. The van der Waals surface area contributed by atoms with Crippen LogP contribution >= 0.6 is 11.6 Å². The average Bonchev–Trinajstić information content (AvgIpc) is 3.06. The van der Waals surface area contributed by atoms with Gasteiger partial charge in [0.2, 0.25) is 0 Å². The van der Waals surface area contributed by atoms with Gasteiger partial charge in [0.05, 0.1) is 107 Å². The first-order chi connectivity index (χ1) is 20.6. The van der Waals surface area contributed by atoms with Crippen molar-refractivity contribution in [2.24, 2.45) is 0 Å². The highest BCUT2D eigenvalue weighted by molar-refractivity contribution is 6.27. The molecule has 0 spiro atoms. The number of quaternary nitrogens is 4. The second-order valence-corrected chi connectivity index (χ2v) is 11.7. The molecule has 0 radical (unpaired) electrons. The SMILES string of the molecule is CC[N+](C)(CC)CC.CC[N+](C)(CC)CC.CC[N+](C)(CC)CC.CC[N+](C)(CC)CC.O=C([O-])C(=O)OOCCl.[O-]B([O-])[O-]. The molecule has 0 fully saturated rings. The zero-order chi connectivity index (χ0) is 37.3. The number of carbonyl (C=O) groups excluding carboxylic acids is 2. The van der Waals surface area contributed by atoms with Crippen molar-refractivity contribution in [2.75, 3.05) is 113 Å². The van der Waals surface area contributed by atoms with Crippen LogP contribution in [-0.4, -0.2) is 150 Å². The average molecular weight is 677 g/mol. The van der Waals surface area contributed by atoms with Crippen molar-refractivity contribution in [2.45, 2.75) is 83.1 Å². The molecule has 0 aliphatic rings. The predicted octanol–water partition coefficient (Wildman–Crippen LogP) is 0.430. The van der Waals surface area contributed by atoms with Crippen molar-refractivity contribution in [1.29, 1.82) is 0 Å². The molecule has 0 aromatic rings. The number of carboxylic acids is 1. The lowest BCUT2D eigenvalue weighted by Crippen LogP contribution is -2.56. The standard InChI is InChI=1S/4C7H18N.C3H3ClO5.BO3/c4*1-5-8(4,6-2)7-3;4-1-8-9-3(7)2(5)6;2-1(3)4/h4*5-7H2,1-4H3;1H2,(H,5,6);/q4*+1;;-3/p-1. The fourth-order valence-electron chi connectivity index (χ4n) is 2.79. The number of nitrogens with zero attached hydrogens (tertiary/aromatic N) is 4. The van der Waals surface area contributed by atoms with E-state index in [1.807, 2.05) is 0 Å². The molecule has 0 amide bonds. The molecule has 0 saturated heterocycles. The minimum atomic E-state index is -2.92. The molecule has 12 nitrogen and oxygen atoms in total. The van der Waals surface area contributed by atoms with Crippen molar-refractivity contribution < 1.29 is 57.5 Å². The van der Waals surface area contributed by atoms with Crippen LogP contribution in [0.15, 0.2) is 0 Å². The van der Waals surface area contributed by atoms with E-state index in [1.54, 1.807) is 0 Å². The van der Waals surface area contributed by atoms with E-state index in [0.29, 0.717) is 0 Å². The first kappa shape index (κ1) is 56.3. The highest BCUT2D eigenvalue weighted by atomic mass is 35.5. The van der Waals surface area contributed by atoms with E-state index in [2.05, 4.69) is 121 Å². The molecule has 0 saturated carbocycles. The second kappa shape index (κ2) is 34.3. The summed E-state index contributed by atoms with van der Waals surface area (Å²) >= 11 is 4.84. The fourth-order valence-corrected chi connectivity index (χ4v) is 2.84. The predicted molar refractivity (Wildman–Crippen MR) is 180 cm³/mol. The first-order valence-corrected chi connectivity index (χ1v) is 17.1. The number of hydrogen-bond acceptors (Lipinski definition) is 8. The van der Waals surface area contributed by atoms with Gasteiger partial charge in [-0.25, -0.2) is 4.79 Å². The zero-order valence-electron chi connectivity index (χ0n) is 32.2. The van der Waals surface area contributed by atoms with E-state index in [1.165, 1.54) is 96.5 Å². The summed E-state index contributed by atoms with van der Waals surface area (Å²) in [6, 6.07) is -0.418. The Labute approximate surface area is 283 Å². The van der Waals surface area contributed by atoms with Crippen LogP contribution in [0.5, 0.6) is 0 Å². The first-order valence-electron chi connectivity index (χ1n) is 16.6. The van der Waals surface area contributed by atoms with Crippen LogP contribution in [0, 0.1) is 0 Å². The highest BCUT2D eigenvalue weighted by Crippen LogP contribution is 1.99.